The van der Waals surface area contributed by atoms with Crippen molar-refractivity contribution in [3.05, 3.63) is 57.8 Å². The van der Waals surface area contributed by atoms with Gasteiger partial charge in [0.15, 0.2) is 11.6 Å². The molecule has 7 heteroatoms. The van der Waals surface area contributed by atoms with Crippen LogP contribution in [-0.2, 0) is 5.60 Å². The summed E-state index contributed by atoms with van der Waals surface area (Å²) < 4.78 is 26.9. The summed E-state index contributed by atoms with van der Waals surface area (Å²) in [6.45, 7) is 3.13. The Hall–Kier alpha value is -1.99. The van der Waals surface area contributed by atoms with Gasteiger partial charge < -0.3 is 15.7 Å². The van der Waals surface area contributed by atoms with Crippen molar-refractivity contribution in [3.63, 3.8) is 0 Å². The summed E-state index contributed by atoms with van der Waals surface area (Å²) in [5.41, 5.74) is -0.443. The van der Waals surface area contributed by atoms with Gasteiger partial charge in [-0.25, -0.2) is 13.6 Å². The van der Waals surface area contributed by atoms with Gasteiger partial charge in [-0.1, -0.05) is 12.1 Å². The summed E-state index contributed by atoms with van der Waals surface area (Å²) in [5.74, 6) is -1.94. The highest BCUT2D eigenvalue weighted by Crippen LogP contribution is 2.22. The van der Waals surface area contributed by atoms with Gasteiger partial charge in [0.2, 0.25) is 0 Å². The number of thiophene rings is 1. The normalized spacial score (nSPS) is 14.8. The van der Waals surface area contributed by atoms with E-state index in [9.17, 15) is 18.7 Å². The number of nitrogens with one attached hydrogen (secondary N) is 2. The van der Waals surface area contributed by atoms with Gasteiger partial charge >= 0.3 is 6.03 Å². The average molecular weight is 340 g/mol. The molecule has 2 atom stereocenters. The zero-order valence-corrected chi connectivity index (χ0v) is 13.6. The molecule has 2 amide bonds. The Labute approximate surface area is 137 Å². The second kappa shape index (κ2) is 7.06. The molecule has 2 unspecified atom stereocenters. The fourth-order valence-corrected chi connectivity index (χ4v) is 2.89. The maximum atomic E-state index is 13.7. The fourth-order valence-electron chi connectivity index (χ4n) is 2.11. The molecule has 1 heterocycles. The second-order valence-electron chi connectivity index (χ2n) is 5.48. The minimum Gasteiger partial charge on any atom is -0.384 e. The summed E-state index contributed by atoms with van der Waals surface area (Å²) in [6, 6.07) is 4.29. The number of aliphatic hydroxyl groups is 1. The predicted octanol–water partition coefficient (Wildman–Crippen LogP) is 3.29. The summed E-state index contributed by atoms with van der Waals surface area (Å²) in [7, 11) is 0. The smallest absolute Gasteiger partial charge is 0.315 e. The Morgan fingerprint density at radius 3 is 2.78 bits per heavy atom. The molecule has 3 N–H and O–H groups in total. The highest BCUT2D eigenvalue weighted by Gasteiger charge is 2.24. The number of urea groups is 1. The molecule has 0 spiro atoms. The number of benzene rings is 1. The lowest BCUT2D eigenvalue weighted by molar-refractivity contribution is 0.0597. The standard InChI is InChI=1S/C16H18F2N2O2S/c1-10(12-4-3-5-13(17)14(12)18)20-15(21)19-9-16(2,22)11-6-7-23-8-11/h3-8,10,22H,9H2,1-2H3,(H2,19,20,21). The van der Waals surface area contributed by atoms with Crippen molar-refractivity contribution < 1.29 is 18.7 Å². The van der Waals surface area contributed by atoms with Crippen LogP contribution in [0.4, 0.5) is 13.6 Å². The number of halogens is 2. The summed E-state index contributed by atoms with van der Waals surface area (Å²) in [4.78, 5) is 11.9. The highest BCUT2D eigenvalue weighted by molar-refractivity contribution is 7.08. The van der Waals surface area contributed by atoms with Crippen LogP contribution in [0.5, 0.6) is 0 Å². The van der Waals surface area contributed by atoms with Crippen molar-refractivity contribution in [2.45, 2.75) is 25.5 Å². The van der Waals surface area contributed by atoms with Gasteiger partial charge in [-0.2, -0.15) is 11.3 Å². The monoisotopic (exact) mass is 340 g/mol. The van der Waals surface area contributed by atoms with Gasteiger partial charge in [0.25, 0.3) is 0 Å². The molecule has 0 aliphatic rings. The van der Waals surface area contributed by atoms with Crippen LogP contribution in [0, 0.1) is 11.6 Å². The first kappa shape index (κ1) is 17.4. The van der Waals surface area contributed by atoms with Gasteiger partial charge in [0, 0.05) is 5.56 Å². The van der Waals surface area contributed by atoms with E-state index >= 15 is 0 Å². The van der Waals surface area contributed by atoms with Crippen LogP contribution in [0.1, 0.15) is 31.0 Å². The molecular formula is C16H18F2N2O2S. The topological polar surface area (TPSA) is 61.4 Å². The van der Waals surface area contributed by atoms with Crippen LogP contribution in [0.2, 0.25) is 0 Å². The van der Waals surface area contributed by atoms with E-state index in [0.717, 1.165) is 6.07 Å². The van der Waals surface area contributed by atoms with Crippen LogP contribution in [0.15, 0.2) is 35.0 Å². The Morgan fingerprint density at radius 1 is 1.39 bits per heavy atom. The lowest BCUT2D eigenvalue weighted by Gasteiger charge is -2.24. The molecule has 2 rings (SSSR count). The van der Waals surface area contributed by atoms with E-state index in [1.807, 2.05) is 5.38 Å². The van der Waals surface area contributed by atoms with Crippen molar-refractivity contribution in [2.24, 2.45) is 0 Å². The maximum Gasteiger partial charge on any atom is 0.315 e. The van der Waals surface area contributed by atoms with Crippen molar-refractivity contribution in [1.29, 1.82) is 0 Å². The van der Waals surface area contributed by atoms with Crippen molar-refractivity contribution in [2.75, 3.05) is 6.54 Å². The van der Waals surface area contributed by atoms with Gasteiger partial charge in [-0.05, 0) is 42.3 Å². The van der Waals surface area contributed by atoms with Crippen LogP contribution >= 0.6 is 11.3 Å². The van der Waals surface area contributed by atoms with Crippen LogP contribution < -0.4 is 10.6 Å². The lowest BCUT2D eigenvalue weighted by Crippen LogP contribution is -2.44. The van der Waals surface area contributed by atoms with E-state index in [0.29, 0.717) is 5.56 Å². The van der Waals surface area contributed by atoms with Crippen LogP contribution in [0.25, 0.3) is 0 Å². The van der Waals surface area contributed by atoms with Gasteiger partial charge in [0.1, 0.15) is 5.60 Å². The van der Waals surface area contributed by atoms with Gasteiger partial charge in [-0.3, -0.25) is 0 Å². The Balaban J connectivity index is 1.93. The SMILES string of the molecule is CC(NC(=O)NCC(C)(O)c1ccsc1)c1cccc(F)c1F. The lowest BCUT2D eigenvalue weighted by atomic mass is 9.99. The molecule has 0 fully saturated rings. The minimum atomic E-state index is -1.20. The molecule has 0 aliphatic carbocycles. The number of amides is 2. The molecule has 0 saturated heterocycles. The summed E-state index contributed by atoms with van der Waals surface area (Å²) in [6.07, 6.45) is 0. The Bertz CT molecular complexity index is 675. The number of carbonyl (C=O) groups excluding carboxylic acids is 1. The van der Waals surface area contributed by atoms with Crippen molar-refractivity contribution in [1.82, 2.24) is 10.6 Å². The van der Waals surface area contributed by atoms with E-state index in [4.69, 9.17) is 0 Å². The van der Waals surface area contributed by atoms with Gasteiger partial charge in [0.05, 0.1) is 12.6 Å². The third-order valence-electron chi connectivity index (χ3n) is 3.53. The van der Waals surface area contributed by atoms with Gasteiger partial charge in [-0.15, -0.1) is 0 Å². The highest BCUT2D eigenvalue weighted by atomic mass is 32.1. The third kappa shape index (κ3) is 4.27. The molecule has 0 saturated carbocycles. The molecule has 0 radical (unpaired) electrons. The maximum absolute atomic E-state index is 13.7. The van der Waals surface area contributed by atoms with E-state index in [2.05, 4.69) is 10.6 Å². The number of hydrogen-bond acceptors (Lipinski definition) is 3. The fraction of sp³-hybridized carbons (Fsp3) is 0.312. The Kier molecular flexibility index (Phi) is 5.33. The molecule has 1 aromatic carbocycles. The molecule has 0 bridgehead atoms. The first-order valence-corrected chi connectivity index (χ1v) is 7.99. The predicted molar refractivity (Wildman–Crippen MR) is 85.2 cm³/mol. The Morgan fingerprint density at radius 2 is 2.13 bits per heavy atom. The van der Waals surface area contributed by atoms with E-state index in [-0.39, 0.29) is 12.1 Å². The molecule has 4 nitrogen and oxygen atoms in total. The van der Waals surface area contributed by atoms with Crippen LogP contribution in [-0.4, -0.2) is 17.7 Å². The van der Waals surface area contributed by atoms with E-state index in [1.165, 1.54) is 23.5 Å². The number of rotatable bonds is 5. The molecular weight excluding hydrogens is 322 g/mol. The molecule has 2 aromatic rings. The zero-order chi connectivity index (χ0) is 17.0. The second-order valence-corrected chi connectivity index (χ2v) is 6.26. The minimum absolute atomic E-state index is 0.00603. The average Bonchev–Trinajstić information content (AvgIpc) is 3.03. The van der Waals surface area contributed by atoms with Crippen molar-refractivity contribution >= 4 is 17.4 Å². The number of carbonyl (C=O) groups is 1. The van der Waals surface area contributed by atoms with E-state index in [1.54, 1.807) is 25.3 Å². The van der Waals surface area contributed by atoms with Crippen molar-refractivity contribution in [3.8, 4) is 0 Å². The molecule has 124 valence electrons. The quantitative estimate of drug-likeness (QED) is 0.782. The van der Waals surface area contributed by atoms with Crippen LogP contribution in [0.3, 0.4) is 0 Å². The summed E-state index contributed by atoms with van der Waals surface area (Å²) >= 11 is 1.45. The zero-order valence-electron chi connectivity index (χ0n) is 12.8. The third-order valence-corrected chi connectivity index (χ3v) is 4.22. The first-order valence-electron chi connectivity index (χ1n) is 7.04. The largest absolute Gasteiger partial charge is 0.384 e. The molecule has 23 heavy (non-hydrogen) atoms. The number of hydrogen-bond donors (Lipinski definition) is 3. The van der Waals surface area contributed by atoms with E-state index < -0.39 is 29.3 Å². The first-order chi connectivity index (χ1) is 10.8. The summed E-state index contributed by atoms with van der Waals surface area (Å²) in [5, 5.41) is 19.0. The molecule has 0 aliphatic heterocycles. The molecule has 1 aromatic heterocycles.